The topological polar surface area (TPSA) is 20.2 Å². The van der Waals surface area contributed by atoms with Crippen LogP contribution in [0.1, 0.15) is 58.1 Å². The van der Waals surface area contributed by atoms with E-state index < -0.39 is 5.60 Å². The molecule has 0 aliphatic heterocycles. The van der Waals surface area contributed by atoms with E-state index in [0.29, 0.717) is 0 Å². The van der Waals surface area contributed by atoms with E-state index in [-0.39, 0.29) is 10.8 Å². The van der Waals surface area contributed by atoms with E-state index in [1.165, 1.54) is 0 Å². The highest BCUT2D eigenvalue weighted by molar-refractivity contribution is 6.31. The summed E-state index contributed by atoms with van der Waals surface area (Å²) in [6, 6.07) is 5.97. The molecule has 1 nitrogen and oxygen atoms in total. The molecule has 106 valence electrons. The van der Waals surface area contributed by atoms with Crippen molar-refractivity contribution in [2.75, 3.05) is 0 Å². The number of benzene rings is 1. The van der Waals surface area contributed by atoms with Gasteiger partial charge in [0.2, 0.25) is 0 Å². The van der Waals surface area contributed by atoms with Crippen molar-refractivity contribution in [2.24, 2.45) is 10.8 Å². The van der Waals surface area contributed by atoms with E-state index in [9.17, 15) is 5.11 Å². The van der Waals surface area contributed by atoms with Gasteiger partial charge in [-0.15, -0.1) is 0 Å². The number of hydrogen-bond donors (Lipinski definition) is 1. The fraction of sp³-hybridized carbons (Fsp3) is 0.647. The molecule has 2 rings (SSSR count). The number of hydrogen-bond acceptors (Lipinski definition) is 1. The van der Waals surface area contributed by atoms with Crippen molar-refractivity contribution in [1.29, 1.82) is 0 Å². The highest BCUT2D eigenvalue weighted by atomic mass is 35.5. The fourth-order valence-corrected chi connectivity index (χ4v) is 4.33. The van der Waals surface area contributed by atoms with Gasteiger partial charge in [-0.3, -0.25) is 0 Å². The predicted octanol–water partition coefficient (Wildman–Crippen LogP) is 5.07. The summed E-state index contributed by atoms with van der Waals surface area (Å²) >= 11 is 6.23. The van der Waals surface area contributed by atoms with Gasteiger partial charge in [0.25, 0.3) is 0 Å². The van der Waals surface area contributed by atoms with Crippen LogP contribution in [0.15, 0.2) is 18.2 Å². The highest BCUT2D eigenvalue weighted by Gasteiger charge is 2.47. The Bertz CT molecular complexity index is 472. The maximum Gasteiger partial charge on any atom is 0.0907 e. The largest absolute Gasteiger partial charge is 0.385 e. The first-order valence-electron chi connectivity index (χ1n) is 7.02. The molecule has 2 heteroatoms. The summed E-state index contributed by atoms with van der Waals surface area (Å²) < 4.78 is 0. The van der Waals surface area contributed by atoms with Crippen LogP contribution in [0.25, 0.3) is 0 Å². The summed E-state index contributed by atoms with van der Waals surface area (Å²) in [6.45, 7) is 11.0. The van der Waals surface area contributed by atoms with Crippen LogP contribution < -0.4 is 0 Å². The molecule has 1 aromatic carbocycles. The number of halogens is 1. The fourth-order valence-electron chi connectivity index (χ4n) is 4.15. The van der Waals surface area contributed by atoms with Crippen LogP contribution >= 0.6 is 11.6 Å². The van der Waals surface area contributed by atoms with Crippen molar-refractivity contribution in [3.05, 3.63) is 34.3 Å². The zero-order valence-electron chi connectivity index (χ0n) is 12.7. The lowest BCUT2D eigenvalue weighted by molar-refractivity contribution is -0.0912. The van der Waals surface area contributed by atoms with Gasteiger partial charge < -0.3 is 5.11 Å². The zero-order valence-corrected chi connectivity index (χ0v) is 13.4. The first-order valence-corrected chi connectivity index (χ1v) is 7.40. The van der Waals surface area contributed by atoms with Crippen molar-refractivity contribution in [3.63, 3.8) is 0 Å². The van der Waals surface area contributed by atoms with Crippen LogP contribution in [-0.2, 0) is 5.60 Å². The van der Waals surface area contributed by atoms with Gasteiger partial charge >= 0.3 is 0 Å². The van der Waals surface area contributed by atoms with Crippen LogP contribution in [0.2, 0.25) is 5.02 Å². The average molecular weight is 281 g/mol. The maximum atomic E-state index is 11.2. The number of aryl methyl sites for hydroxylation is 1. The van der Waals surface area contributed by atoms with Gasteiger partial charge in [-0.25, -0.2) is 0 Å². The summed E-state index contributed by atoms with van der Waals surface area (Å²) in [5, 5.41) is 11.9. The average Bonchev–Trinajstić information content (AvgIpc) is 2.16. The minimum absolute atomic E-state index is 0.147. The second-order valence-electron chi connectivity index (χ2n) is 7.85. The Hall–Kier alpha value is -0.530. The molecule has 0 heterocycles. The van der Waals surface area contributed by atoms with Gasteiger partial charge in [-0.2, -0.15) is 0 Å². The summed E-state index contributed by atoms with van der Waals surface area (Å²) in [6.07, 6.45) is 2.73. The Morgan fingerprint density at radius 1 is 1.00 bits per heavy atom. The van der Waals surface area contributed by atoms with Crippen molar-refractivity contribution in [3.8, 4) is 0 Å². The second-order valence-corrected chi connectivity index (χ2v) is 8.26. The lowest BCUT2D eigenvalue weighted by atomic mass is 9.58. The molecule has 0 radical (unpaired) electrons. The monoisotopic (exact) mass is 280 g/mol. The van der Waals surface area contributed by atoms with Crippen LogP contribution in [0.3, 0.4) is 0 Å². The Labute approximate surface area is 122 Å². The zero-order chi connectivity index (χ0) is 14.5. The van der Waals surface area contributed by atoms with Crippen LogP contribution in [0, 0.1) is 17.8 Å². The lowest BCUT2D eigenvalue weighted by Crippen LogP contribution is -2.44. The molecule has 1 aliphatic carbocycles. The van der Waals surface area contributed by atoms with E-state index in [1.54, 1.807) is 0 Å². The van der Waals surface area contributed by atoms with Gasteiger partial charge in [-0.1, -0.05) is 51.4 Å². The molecule has 1 aliphatic rings. The van der Waals surface area contributed by atoms with Gasteiger partial charge in [0.15, 0.2) is 0 Å². The Morgan fingerprint density at radius 2 is 1.53 bits per heavy atom. The van der Waals surface area contributed by atoms with E-state index in [1.807, 2.05) is 25.1 Å². The van der Waals surface area contributed by atoms with Crippen molar-refractivity contribution in [1.82, 2.24) is 0 Å². The molecule has 0 aromatic heterocycles. The normalized spacial score (nSPS) is 24.2. The molecule has 19 heavy (non-hydrogen) atoms. The number of aliphatic hydroxyl groups is 1. The molecule has 1 aromatic rings. The molecule has 1 fully saturated rings. The van der Waals surface area contributed by atoms with Crippen molar-refractivity contribution < 1.29 is 5.11 Å². The van der Waals surface area contributed by atoms with E-state index in [4.69, 9.17) is 11.6 Å². The van der Waals surface area contributed by atoms with Crippen molar-refractivity contribution >= 4 is 11.6 Å². The predicted molar refractivity (Wildman–Crippen MR) is 81.5 cm³/mol. The van der Waals surface area contributed by atoms with Crippen LogP contribution in [0.5, 0.6) is 0 Å². The smallest absolute Gasteiger partial charge is 0.0907 e. The van der Waals surface area contributed by atoms with Gasteiger partial charge in [0.1, 0.15) is 0 Å². The molecule has 0 unspecified atom stereocenters. The van der Waals surface area contributed by atoms with Gasteiger partial charge in [0.05, 0.1) is 5.60 Å². The molecule has 1 N–H and O–H groups in total. The molecule has 0 spiro atoms. The van der Waals surface area contributed by atoms with E-state index in [0.717, 1.165) is 35.4 Å². The Morgan fingerprint density at radius 3 is 2.00 bits per heavy atom. The SMILES string of the molecule is Cc1ccc(C2(O)CC(C)(C)CC(C)(C)C2)cc1Cl. The molecular weight excluding hydrogens is 256 g/mol. The Balaban J connectivity index is 2.43. The quantitative estimate of drug-likeness (QED) is 0.761. The summed E-state index contributed by atoms with van der Waals surface area (Å²) in [5.41, 5.74) is 1.55. The second kappa shape index (κ2) is 4.49. The molecule has 0 amide bonds. The third-order valence-electron chi connectivity index (χ3n) is 4.21. The van der Waals surface area contributed by atoms with Crippen molar-refractivity contribution in [2.45, 2.75) is 59.5 Å². The lowest BCUT2D eigenvalue weighted by Gasteiger charge is -2.49. The minimum atomic E-state index is -0.761. The molecule has 0 saturated heterocycles. The standard InChI is InChI=1S/C17H25ClO/c1-12-6-7-13(8-14(12)18)17(19)10-15(2,3)9-16(4,5)11-17/h6-8,19H,9-11H2,1-5H3. The third-order valence-corrected chi connectivity index (χ3v) is 4.62. The highest BCUT2D eigenvalue weighted by Crippen LogP contribution is 2.54. The third kappa shape index (κ3) is 3.14. The maximum absolute atomic E-state index is 11.2. The minimum Gasteiger partial charge on any atom is -0.385 e. The molecule has 0 atom stereocenters. The van der Waals surface area contributed by atoms with E-state index in [2.05, 4.69) is 27.7 Å². The molecule has 0 bridgehead atoms. The summed E-state index contributed by atoms with van der Waals surface area (Å²) in [4.78, 5) is 0. The first-order chi connectivity index (χ1) is 8.53. The summed E-state index contributed by atoms with van der Waals surface area (Å²) in [5.74, 6) is 0. The van der Waals surface area contributed by atoms with Crippen LogP contribution in [0.4, 0.5) is 0 Å². The van der Waals surface area contributed by atoms with Gasteiger partial charge in [0, 0.05) is 5.02 Å². The number of rotatable bonds is 1. The van der Waals surface area contributed by atoms with E-state index >= 15 is 0 Å². The molecular formula is C17H25ClO. The summed E-state index contributed by atoms with van der Waals surface area (Å²) in [7, 11) is 0. The van der Waals surface area contributed by atoms with Gasteiger partial charge in [-0.05, 0) is 54.2 Å². The molecule has 1 saturated carbocycles. The van der Waals surface area contributed by atoms with Crippen LogP contribution in [-0.4, -0.2) is 5.11 Å². The Kier molecular flexibility index (Phi) is 3.52. The first kappa shape index (κ1) is 14.9.